The van der Waals surface area contributed by atoms with Crippen molar-refractivity contribution < 1.29 is 0 Å². The van der Waals surface area contributed by atoms with Crippen molar-refractivity contribution in [1.82, 2.24) is 9.97 Å². The maximum atomic E-state index is 6.14. The van der Waals surface area contributed by atoms with Crippen LogP contribution in [0.3, 0.4) is 0 Å². The number of anilines is 1. The van der Waals surface area contributed by atoms with Crippen LogP contribution in [0.25, 0.3) is 0 Å². The summed E-state index contributed by atoms with van der Waals surface area (Å²) >= 11 is 7.99. The summed E-state index contributed by atoms with van der Waals surface area (Å²) in [6.45, 7) is 6.54. The van der Waals surface area contributed by atoms with Gasteiger partial charge in [-0.2, -0.15) is 11.8 Å². The van der Waals surface area contributed by atoms with E-state index in [0.29, 0.717) is 11.1 Å². The van der Waals surface area contributed by atoms with Crippen molar-refractivity contribution in [3.8, 4) is 0 Å². The quantitative estimate of drug-likeness (QED) is 0.471. The van der Waals surface area contributed by atoms with Crippen molar-refractivity contribution in [2.75, 3.05) is 23.4 Å². The third kappa shape index (κ3) is 3.62. The number of halogens is 1. The second-order valence-corrected chi connectivity index (χ2v) is 5.92. The van der Waals surface area contributed by atoms with E-state index in [0.717, 1.165) is 35.3 Å². The summed E-state index contributed by atoms with van der Waals surface area (Å²) in [7, 11) is 0. The van der Waals surface area contributed by atoms with Gasteiger partial charge in [0, 0.05) is 29.5 Å². The van der Waals surface area contributed by atoms with Gasteiger partial charge in [0.2, 0.25) is 0 Å². The monoisotopic (exact) mass is 283 g/mol. The molecule has 5 heteroatoms. The van der Waals surface area contributed by atoms with Gasteiger partial charge in [-0.1, -0.05) is 17.7 Å². The first-order valence-electron chi connectivity index (χ1n) is 6.19. The van der Waals surface area contributed by atoms with Crippen molar-refractivity contribution in [2.45, 2.75) is 25.7 Å². The van der Waals surface area contributed by atoms with Crippen LogP contribution in [-0.2, 0) is 0 Å². The highest BCUT2D eigenvalue weighted by atomic mass is 35.5. The lowest BCUT2D eigenvalue weighted by Gasteiger charge is -2.10. The molecule has 1 heterocycles. The Morgan fingerprint density at radius 1 is 1.50 bits per heavy atom. The van der Waals surface area contributed by atoms with E-state index in [9.17, 15) is 0 Å². The van der Waals surface area contributed by atoms with E-state index in [4.69, 9.17) is 11.6 Å². The van der Waals surface area contributed by atoms with Crippen molar-refractivity contribution in [1.29, 1.82) is 0 Å². The van der Waals surface area contributed by atoms with Gasteiger partial charge in [0.25, 0.3) is 0 Å². The Morgan fingerprint density at radius 2 is 2.28 bits per heavy atom. The van der Waals surface area contributed by atoms with Crippen molar-refractivity contribution in [3.05, 3.63) is 29.2 Å². The second-order valence-electron chi connectivity index (χ2n) is 4.41. The van der Waals surface area contributed by atoms with Crippen LogP contribution in [0.4, 0.5) is 5.82 Å². The Labute approximate surface area is 117 Å². The molecular formula is C13H18ClN3S. The second kappa shape index (κ2) is 6.43. The molecule has 18 heavy (non-hydrogen) atoms. The summed E-state index contributed by atoms with van der Waals surface area (Å²) in [5.74, 6) is 4.33. The van der Waals surface area contributed by atoms with Crippen LogP contribution < -0.4 is 5.32 Å². The van der Waals surface area contributed by atoms with Gasteiger partial charge in [0.1, 0.15) is 16.8 Å². The Bertz CT molecular complexity index is 432. The van der Waals surface area contributed by atoms with E-state index >= 15 is 0 Å². The number of aromatic nitrogens is 2. The molecule has 0 aromatic carbocycles. The Morgan fingerprint density at radius 3 is 2.94 bits per heavy atom. The number of hydrogen-bond donors (Lipinski definition) is 1. The zero-order valence-electron chi connectivity index (χ0n) is 10.6. The highest BCUT2D eigenvalue weighted by molar-refractivity contribution is 7.99. The predicted molar refractivity (Wildman–Crippen MR) is 79.8 cm³/mol. The highest BCUT2D eigenvalue weighted by Gasteiger charge is 2.27. The minimum absolute atomic E-state index is 0.527. The fraction of sp³-hybridized carbons (Fsp3) is 0.538. The standard InChI is InChI=1S/C13H18ClN3S/c1-3-7-18-8-6-15-12-9(2)11(14)16-13(17-12)10-4-5-10/h3,10H,1,4-8H2,2H3,(H,15,16,17). The zero-order valence-corrected chi connectivity index (χ0v) is 12.2. The fourth-order valence-electron chi connectivity index (χ4n) is 1.61. The van der Waals surface area contributed by atoms with Crippen LogP contribution in [0.2, 0.25) is 5.15 Å². The van der Waals surface area contributed by atoms with Crippen LogP contribution in [-0.4, -0.2) is 28.0 Å². The number of hydrogen-bond acceptors (Lipinski definition) is 4. The average molecular weight is 284 g/mol. The first kappa shape index (κ1) is 13.7. The largest absolute Gasteiger partial charge is 0.369 e. The zero-order chi connectivity index (χ0) is 13.0. The lowest BCUT2D eigenvalue weighted by atomic mass is 10.3. The minimum Gasteiger partial charge on any atom is -0.369 e. The summed E-state index contributed by atoms with van der Waals surface area (Å²) in [5.41, 5.74) is 0.940. The van der Waals surface area contributed by atoms with Gasteiger partial charge in [-0.15, -0.1) is 6.58 Å². The molecule has 1 N–H and O–H groups in total. The highest BCUT2D eigenvalue weighted by Crippen LogP contribution is 2.39. The molecule has 98 valence electrons. The minimum atomic E-state index is 0.527. The molecule has 0 bridgehead atoms. The van der Waals surface area contributed by atoms with Gasteiger partial charge in [-0.3, -0.25) is 0 Å². The molecule has 0 unspecified atom stereocenters. The van der Waals surface area contributed by atoms with E-state index in [1.54, 1.807) is 0 Å². The summed E-state index contributed by atoms with van der Waals surface area (Å²) in [5, 5.41) is 3.92. The lowest BCUT2D eigenvalue weighted by Crippen LogP contribution is -2.10. The molecule has 0 atom stereocenters. The Hall–Kier alpha value is -0.740. The fourth-order valence-corrected chi connectivity index (χ4v) is 2.37. The topological polar surface area (TPSA) is 37.8 Å². The van der Waals surface area contributed by atoms with Crippen LogP contribution in [0.15, 0.2) is 12.7 Å². The maximum Gasteiger partial charge on any atom is 0.137 e. The van der Waals surface area contributed by atoms with Crippen LogP contribution in [0.1, 0.15) is 30.1 Å². The molecule has 0 saturated heterocycles. The molecule has 0 aliphatic heterocycles. The van der Waals surface area contributed by atoms with Crippen molar-refractivity contribution in [2.24, 2.45) is 0 Å². The molecule has 1 fully saturated rings. The Kier molecular flexibility index (Phi) is 4.89. The van der Waals surface area contributed by atoms with E-state index in [-0.39, 0.29) is 0 Å². The molecule has 1 aromatic rings. The third-order valence-electron chi connectivity index (χ3n) is 2.82. The third-order valence-corrected chi connectivity index (χ3v) is 4.15. The van der Waals surface area contributed by atoms with Gasteiger partial charge >= 0.3 is 0 Å². The molecule has 0 radical (unpaired) electrons. The van der Waals surface area contributed by atoms with Crippen LogP contribution in [0, 0.1) is 6.92 Å². The molecule has 1 aliphatic carbocycles. The first-order chi connectivity index (χ1) is 8.72. The molecule has 1 saturated carbocycles. The Balaban J connectivity index is 1.95. The normalized spacial score (nSPS) is 14.6. The smallest absolute Gasteiger partial charge is 0.137 e. The first-order valence-corrected chi connectivity index (χ1v) is 7.72. The summed E-state index contributed by atoms with van der Waals surface area (Å²) < 4.78 is 0. The maximum absolute atomic E-state index is 6.14. The molecule has 1 aromatic heterocycles. The van der Waals surface area contributed by atoms with Gasteiger partial charge in [0.15, 0.2) is 0 Å². The van der Waals surface area contributed by atoms with E-state index in [2.05, 4.69) is 21.9 Å². The summed E-state index contributed by atoms with van der Waals surface area (Å²) in [6, 6.07) is 0. The molecule has 0 spiro atoms. The van der Waals surface area contributed by atoms with Crippen LogP contribution >= 0.6 is 23.4 Å². The number of rotatable bonds is 7. The summed E-state index contributed by atoms with van der Waals surface area (Å²) in [4.78, 5) is 8.93. The molecule has 2 rings (SSSR count). The summed E-state index contributed by atoms with van der Waals surface area (Å²) in [6.07, 6.45) is 4.30. The number of nitrogens with zero attached hydrogens (tertiary/aromatic N) is 2. The average Bonchev–Trinajstić information content (AvgIpc) is 3.18. The molecule has 1 aliphatic rings. The van der Waals surface area contributed by atoms with Gasteiger partial charge in [0.05, 0.1) is 0 Å². The number of thioether (sulfide) groups is 1. The van der Waals surface area contributed by atoms with Gasteiger partial charge < -0.3 is 5.32 Å². The SMILES string of the molecule is C=CCSCCNc1nc(C2CC2)nc(Cl)c1C. The van der Waals surface area contributed by atoms with Crippen LogP contribution in [0.5, 0.6) is 0 Å². The van der Waals surface area contributed by atoms with E-state index in [1.165, 1.54) is 12.8 Å². The predicted octanol–water partition coefficient (Wildman–Crippen LogP) is 3.65. The van der Waals surface area contributed by atoms with Gasteiger partial charge in [-0.25, -0.2) is 9.97 Å². The van der Waals surface area contributed by atoms with E-state index < -0.39 is 0 Å². The molecular weight excluding hydrogens is 266 g/mol. The van der Waals surface area contributed by atoms with Crippen molar-refractivity contribution >= 4 is 29.2 Å². The number of nitrogens with one attached hydrogen (secondary N) is 1. The molecule has 3 nitrogen and oxygen atoms in total. The lowest BCUT2D eigenvalue weighted by molar-refractivity contribution is 0.915. The van der Waals surface area contributed by atoms with Crippen molar-refractivity contribution in [3.63, 3.8) is 0 Å². The molecule has 0 amide bonds. The van der Waals surface area contributed by atoms with E-state index in [1.807, 2.05) is 24.8 Å². The van der Waals surface area contributed by atoms with Gasteiger partial charge in [-0.05, 0) is 19.8 Å².